The number of carbonyl (C=O) groups excluding carboxylic acids is 2. The molecule has 0 aliphatic heterocycles. The molecule has 0 saturated heterocycles. The standard InChI is InChI=1S/C19H10Cl2N4O5S/c20-9-1-3-11(12(21)7-9)17(26)24-19-23-13-4-2-10(8-15(13)31-19)22-18(27)14-5-6-16(30-14)25(28)29/h1-8H,(H,22,27)(H,23,24,26). The van der Waals surface area contributed by atoms with Crippen molar-refractivity contribution in [2.45, 2.75) is 0 Å². The van der Waals surface area contributed by atoms with Crippen molar-refractivity contribution in [3.8, 4) is 0 Å². The van der Waals surface area contributed by atoms with Crippen LogP contribution in [0.1, 0.15) is 20.9 Å². The van der Waals surface area contributed by atoms with Crippen LogP contribution in [0.25, 0.3) is 10.2 Å². The average Bonchev–Trinajstić information content (AvgIpc) is 3.34. The Morgan fingerprint density at radius 3 is 2.55 bits per heavy atom. The van der Waals surface area contributed by atoms with Crippen LogP contribution in [-0.2, 0) is 0 Å². The van der Waals surface area contributed by atoms with E-state index in [1.165, 1.54) is 29.5 Å². The van der Waals surface area contributed by atoms with Gasteiger partial charge in [-0.2, -0.15) is 0 Å². The Balaban J connectivity index is 1.50. The molecule has 9 nitrogen and oxygen atoms in total. The van der Waals surface area contributed by atoms with E-state index in [-0.39, 0.29) is 16.3 Å². The van der Waals surface area contributed by atoms with Gasteiger partial charge in [0.1, 0.15) is 4.92 Å². The maximum atomic E-state index is 12.5. The summed E-state index contributed by atoms with van der Waals surface area (Å²) in [6.45, 7) is 0. The molecule has 0 fully saturated rings. The Morgan fingerprint density at radius 1 is 1.03 bits per heavy atom. The first kappa shape index (κ1) is 20.8. The first-order valence-corrected chi connectivity index (χ1v) is 10.1. The number of nitrogens with zero attached hydrogens (tertiary/aromatic N) is 2. The number of nitrogens with one attached hydrogen (secondary N) is 2. The number of fused-ring (bicyclic) bond motifs is 1. The summed E-state index contributed by atoms with van der Waals surface area (Å²) >= 11 is 13.1. The van der Waals surface area contributed by atoms with Crippen LogP contribution >= 0.6 is 34.5 Å². The summed E-state index contributed by atoms with van der Waals surface area (Å²) in [7, 11) is 0. The molecule has 4 rings (SSSR count). The predicted molar refractivity (Wildman–Crippen MR) is 117 cm³/mol. The number of hydrogen-bond acceptors (Lipinski definition) is 7. The highest BCUT2D eigenvalue weighted by Crippen LogP contribution is 2.30. The van der Waals surface area contributed by atoms with Crippen LogP contribution in [0.2, 0.25) is 10.0 Å². The first-order chi connectivity index (χ1) is 14.8. The van der Waals surface area contributed by atoms with E-state index in [1.807, 2.05) is 0 Å². The Labute approximate surface area is 187 Å². The van der Waals surface area contributed by atoms with Crippen molar-refractivity contribution >= 4 is 73.3 Å². The first-order valence-electron chi connectivity index (χ1n) is 8.53. The quantitative estimate of drug-likeness (QED) is 0.284. The van der Waals surface area contributed by atoms with Crippen LogP contribution in [-0.4, -0.2) is 21.7 Å². The highest BCUT2D eigenvalue weighted by Gasteiger charge is 2.18. The molecule has 0 radical (unpaired) electrons. The molecule has 2 aromatic heterocycles. The van der Waals surface area contributed by atoms with Gasteiger partial charge in [0.25, 0.3) is 11.8 Å². The van der Waals surface area contributed by atoms with E-state index in [2.05, 4.69) is 15.6 Å². The summed E-state index contributed by atoms with van der Waals surface area (Å²) in [6, 6.07) is 11.8. The molecule has 0 aliphatic rings. The smallest absolute Gasteiger partial charge is 0.395 e. The maximum Gasteiger partial charge on any atom is 0.433 e. The van der Waals surface area contributed by atoms with Crippen LogP contribution < -0.4 is 10.6 Å². The molecule has 2 heterocycles. The molecule has 2 aromatic carbocycles. The second-order valence-electron chi connectivity index (χ2n) is 6.13. The number of hydrogen-bond donors (Lipinski definition) is 2. The van der Waals surface area contributed by atoms with Gasteiger partial charge in [-0.25, -0.2) is 4.98 Å². The lowest BCUT2D eigenvalue weighted by Gasteiger charge is -2.04. The number of nitro groups is 1. The van der Waals surface area contributed by atoms with E-state index in [0.717, 1.165) is 6.07 Å². The number of benzene rings is 2. The van der Waals surface area contributed by atoms with Crippen molar-refractivity contribution in [1.29, 1.82) is 0 Å². The van der Waals surface area contributed by atoms with Gasteiger partial charge in [0.15, 0.2) is 10.9 Å². The van der Waals surface area contributed by atoms with Crippen LogP contribution in [0.3, 0.4) is 0 Å². The van der Waals surface area contributed by atoms with Gasteiger partial charge < -0.3 is 9.73 Å². The Hall–Kier alpha value is -3.47. The molecule has 2 N–H and O–H groups in total. The minimum Gasteiger partial charge on any atom is -0.395 e. The minimum absolute atomic E-state index is 0.191. The molecule has 0 bridgehead atoms. The number of rotatable bonds is 5. The molecule has 31 heavy (non-hydrogen) atoms. The van der Waals surface area contributed by atoms with Crippen LogP contribution in [0.4, 0.5) is 16.7 Å². The van der Waals surface area contributed by atoms with Crippen molar-refractivity contribution in [3.63, 3.8) is 0 Å². The van der Waals surface area contributed by atoms with Crippen molar-refractivity contribution in [3.05, 3.63) is 80.0 Å². The number of halogens is 2. The topological polar surface area (TPSA) is 127 Å². The Bertz CT molecular complexity index is 1350. The largest absolute Gasteiger partial charge is 0.433 e. The van der Waals surface area contributed by atoms with Crippen molar-refractivity contribution in [2.24, 2.45) is 0 Å². The second kappa shape index (κ2) is 8.34. The van der Waals surface area contributed by atoms with Crippen LogP contribution in [0, 0.1) is 10.1 Å². The molecule has 4 aromatic rings. The lowest BCUT2D eigenvalue weighted by molar-refractivity contribution is -0.402. The number of furan rings is 1. The van der Waals surface area contributed by atoms with E-state index in [9.17, 15) is 19.7 Å². The van der Waals surface area contributed by atoms with Gasteiger partial charge in [-0.05, 0) is 42.5 Å². The highest BCUT2D eigenvalue weighted by atomic mass is 35.5. The van der Waals surface area contributed by atoms with E-state index in [4.69, 9.17) is 27.6 Å². The minimum atomic E-state index is -0.729. The molecular formula is C19H10Cl2N4O5S. The average molecular weight is 477 g/mol. The van der Waals surface area contributed by atoms with Crippen molar-refractivity contribution < 1.29 is 18.9 Å². The van der Waals surface area contributed by atoms with Gasteiger partial charge in [0, 0.05) is 10.7 Å². The van der Waals surface area contributed by atoms with Gasteiger partial charge in [0.2, 0.25) is 0 Å². The molecule has 12 heteroatoms. The van der Waals surface area contributed by atoms with Gasteiger partial charge in [-0.15, -0.1) is 0 Å². The third kappa shape index (κ3) is 4.50. The van der Waals surface area contributed by atoms with Crippen molar-refractivity contribution in [1.82, 2.24) is 4.98 Å². The zero-order chi connectivity index (χ0) is 22.1. The van der Waals surface area contributed by atoms with Crippen molar-refractivity contribution in [2.75, 3.05) is 10.6 Å². The van der Waals surface area contributed by atoms with E-state index < -0.39 is 22.6 Å². The zero-order valence-electron chi connectivity index (χ0n) is 15.2. The summed E-state index contributed by atoms with van der Waals surface area (Å²) in [5, 5.41) is 16.9. The molecule has 0 spiro atoms. The SMILES string of the molecule is O=C(Nc1ccc2nc(NC(=O)c3ccc(Cl)cc3Cl)sc2c1)c1ccc([N+](=O)[O-])o1. The normalized spacial score (nSPS) is 10.8. The predicted octanol–water partition coefficient (Wildman–Crippen LogP) is 5.61. The van der Waals surface area contributed by atoms with Crippen LogP contribution in [0.5, 0.6) is 0 Å². The number of carbonyl (C=O) groups is 2. The summed E-state index contributed by atoms with van der Waals surface area (Å²) in [6.07, 6.45) is 0. The monoisotopic (exact) mass is 476 g/mol. The van der Waals surface area contributed by atoms with Crippen LogP contribution in [0.15, 0.2) is 52.9 Å². The Kier molecular flexibility index (Phi) is 5.59. The molecule has 0 atom stereocenters. The summed E-state index contributed by atoms with van der Waals surface area (Å²) < 4.78 is 5.58. The van der Waals surface area contributed by atoms with Gasteiger partial charge in [-0.1, -0.05) is 34.5 Å². The summed E-state index contributed by atoms with van der Waals surface area (Å²) in [5.41, 5.74) is 1.29. The lowest BCUT2D eigenvalue weighted by Crippen LogP contribution is -2.12. The lowest BCUT2D eigenvalue weighted by atomic mass is 10.2. The zero-order valence-corrected chi connectivity index (χ0v) is 17.5. The number of thiazole rings is 1. The van der Waals surface area contributed by atoms with E-state index >= 15 is 0 Å². The number of anilines is 2. The summed E-state index contributed by atoms with van der Waals surface area (Å²) in [5.74, 6) is -1.79. The Morgan fingerprint density at radius 2 is 1.84 bits per heavy atom. The number of aromatic nitrogens is 1. The molecule has 2 amide bonds. The second-order valence-corrected chi connectivity index (χ2v) is 8.00. The third-order valence-electron chi connectivity index (χ3n) is 4.04. The fourth-order valence-corrected chi connectivity index (χ4v) is 4.03. The summed E-state index contributed by atoms with van der Waals surface area (Å²) in [4.78, 5) is 39.0. The molecule has 0 aliphatic carbocycles. The molecule has 156 valence electrons. The maximum absolute atomic E-state index is 12.5. The van der Waals surface area contributed by atoms with Gasteiger partial charge in [-0.3, -0.25) is 25.0 Å². The molecule has 0 saturated carbocycles. The number of amides is 2. The van der Waals surface area contributed by atoms with E-state index in [1.54, 1.807) is 24.3 Å². The third-order valence-corrected chi connectivity index (χ3v) is 5.52. The van der Waals surface area contributed by atoms with Gasteiger partial charge in [0.05, 0.1) is 26.9 Å². The molecule has 0 unspecified atom stereocenters. The fourth-order valence-electron chi connectivity index (χ4n) is 2.63. The van der Waals surface area contributed by atoms with Gasteiger partial charge >= 0.3 is 5.88 Å². The highest BCUT2D eigenvalue weighted by molar-refractivity contribution is 7.22. The fraction of sp³-hybridized carbons (Fsp3) is 0. The van der Waals surface area contributed by atoms with E-state index in [0.29, 0.717) is 26.1 Å². The molecular weight excluding hydrogens is 467 g/mol.